The van der Waals surface area contributed by atoms with Crippen LogP contribution in [-0.2, 0) is 6.42 Å². The Hall–Kier alpha value is -2.90. The van der Waals surface area contributed by atoms with Crippen molar-refractivity contribution >= 4 is 17.2 Å². The normalized spacial score (nSPS) is 10.9. The highest BCUT2D eigenvalue weighted by atomic mass is 32.1. The molecule has 3 N–H and O–H groups in total. The van der Waals surface area contributed by atoms with Crippen molar-refractivity contribution in [2.45, 2.75) is 52.4 Å². The molecule has 6 nitrogen and oxygen atoms in total. The topological polar surface area (TPSA) is 87.5 Å². The molecule has 0 aliphatic heterocycles. The van der Waals surface area contributed by atoms with Crippen molar-refractivity contribution in [3.05, 3.63) is 64.0 Å². The van der Waals surface area contributed by atoms with Gasteiger partial charge in [0.05, 0.1) is 23.9 Å². The van der Waals surface area contributed by atoms with Crippen LogP contribution >= 0.6 is 11.3 Å². The number of hydroxylamine groups is 1. The molecule has 33 heavy (non-hydrogen) atoms. The Morgan fingerprint density at radius 1 is 0.970 bits per heavy atom. The van der Waals surface area contributed by atoms with Gasteiger partial charge >= 0.3 is 0 Å². The molecule has 0 unspecified atom stereocenters. The Morgan fingerprint density at radius 3 is 2.06 bits per heavy atom. The second-order valence-electron chi connectivity index (χ2n) is 8.13. The Bertz CT molecular complexity index is 1010. The van der Waals surface area contributed by atoms with Crippen LogP contribution in [0.5, 0.6) is 11.5 Å². The molecule has 0 aliphatic carbocycles. The van der Waals surface area contributed by atoms with E-state index in [-0.39, 0.29) is 5.84 Å². The molecule has 0 amide bonds. The first-order chi connectivity index (χ1) is 16.0. The number of benzene rings is 2. The molecular formula is C26H33N3O3S. The average Bonchev–Trinajstić information content (AvgIpc) is 3.29. The number of amidine groups is 1. The van der Waals surface area contributed by atoms with Crippen molar-refractivity contribution in [3.8, 4) is 22.8 Å². The lowest BCUT2D eigenvalue weighted by Crippen LogP contribution is -2.18. The first-order valence-electron chi connectivity index (χ1n) is 11.5. The maximum atomic E-state index is 8.75. The van der Waals surface area contributed by atoms with E-state index in [1.165, 1.54) is 9.88 Å². The van der Waals surface area contributed by atoms with Crippen LogP contribution in [0.4, 0.5) is 0 Å². The summed E-state index contributed by atoms with van der Waals surface area (Å²) in [5.41, 5.74) is 4.69. The molecule has 0 spiro atoms. The molecule has 2 aromatic carbocycles. The van der Waals surface area contributed by atoms with Crippen LogP contribution in [0.25, 0.3) is 11.3 Å². The van der Waals surface area contributed by atoms with E-state index in [9.17, 15) is 0 Å². The molecule has 0 fully saturated rings. The molecule has 176 valence electrons. The van der Waals surface area contributed by atoms with Gasteiger partial charge in [0, 0.05) is 21.9 Å². The minimum atomic E-state index is -0.0368. The van der Waals surface area contributed by atoms with Crippen LogP contribution in [0.3, 0.4) is 0 Å². The lowest BCUT2D eigenvalue weighted by atomic mass is 10.1. The van der Waals surface area contributed by atoms with Gasteiger partial charge in [-0.05, 0) is 74.2 Å². The molecule has 7 heteroatoms. The third kappa shape index (κ3) is 7.04. The maximum absolute atomic E-state index is 8.75. The Balaban J connectivity index is 1.36. The van der Waals surface area contributed by atoms with Gasteiger partial charge in [0.25, 0.3) is 0 Å². The van der Waals surface area contributed by atoms with Crippen molar-refractivity contribution in [1.82, 2.24) is 10.5 Å². The molecule has 3 aromatic rings. The summed E-state index contributed by atoms with van der Waals surface area (Å²) in [5.74, 6) is 2.06. The number of hydrogen-bond acceptors (Lipinski definition) is 6. The molecule has 3 rings (SSSR count). The smallest absolute Gasteiger partial charge is 0.149 e. The Labute approximate surface area is 200 Å². The van der Waals surface area contributed by atoms with E-state index in [1.807, 2.05) is 28.9 Å². The van der Waals surface area contributed by atoms with Crippen molar-refractivity contribution in [2.24, 2.45) is 0 Å². The van der Waals surface area contributed by atoms with Gasteiger partial charge in [-0.3, -0.25) is 16.1 Å². The van der Waals surface area contributed by atoms with Crippen molar-refractivity contribution < 1.29 is 14.7 Å². The molecule has 0 bridgehead atoms. The van der Waals surface area contributed by atoms with Gasteiger partial charge in [-0.2, -0.15) is 0 Å². The summed E-state index contributed by atoms with van der Waals surface area (Å²) in [5, 5.41) is 17.5. The van der Waals surface area contributed by atoms with Crippen LogP contribution < -0.4 is 15.0 Å². The fourth-order valence-corrected chi connectivity index (χ4v) is 4.36. The Kier molecular flexibility index (Phi) is 9.27. The summed E-state index contributed by atoms with van der Waals surface area (Å²) in [6.07, 6.45) is 3.93. The zero-order chi connectivity index (χ0) is 23.6. The van der Waals surface area contributed by atoms with E-state index in [0.29, 0.717) is 24.7 Å². The molecule has 0 saturated heterocycles. The number of ether oxygens (including phenoxy) is 2. The molecule has 0 saturated carbocycles. The summed E-state index contributed by atoms with van der Waals surface area (Å²) in [4.78, 5) is 6.21. The third-order valence-electron chi connectivity index (χ3n) is 5.24. The van der Waals surface area contributed by atoms with Gasteiger partial charge < -0.3 is 9.47 Å². The highest BCUT2D eigenvalue weighted by Gasteiger charge is 2.14. The highest BCUT2D eigenvalue weighted by Crippen LogP contribution is 2.32. The average molecular weight is 468 g/mol. The fourth-order valence-electron chi connectivity index (χ4n) is 3.33. The van der Waals surface area contributed by atoms with Crippen LogP contribution in [-0.4, -0.2) is 29.2 Å². The first kappa shape index (κ1) is 24.7. The summed E-state index contributed by atoms with van der Waals surface area (Å²) >= 11 is 1.82. The van der Waals surface area contributed by atoms with E-state index < -0.39 is 0 Å². The molecule has 1 heterocycles. The number of nitrogens with zero attached hydrogens (tertiary/aromatic N) is 1. The zero-order valence-electron chi connectivity index (χ0n) is 19.6. The third-order valence-corrected chi connectivity index (χ3v) is 6.74. The van der Waals surface area contributed by atoms with Gasteiger partial charge in [0.2, 0.25) is 0 Å². The van der Waals surface area contributed by atoms with E-state index in [2.05, 4.69) is 32.9 Å². The number of nitrogens with one attached hydrogen (secondary N) is 2. The number of unbranched alkanes of at least 4 members (excludes halogenated alkanes) is 2. The van der Waals surface area contributed by atoms with Gasteiger partial charge in [0.15, 0.2) is 0 Å². The number of aryl methyl sites for hydroxylation is 1. The second kappa shape index (κ2) is 12.4. The summed E-state index contributed by atoms with van der Waals surface area (Å²) in [6.45, 7) is 7.87. The van der Waals surface area contributed by atoms with Gasteiger partial charge in [-0.25, -0.2) is 4.98 Å². The van der Waals surface area contributed by atoms with Crippen molar-refractivity contribution in [2.75, 3.05) is 13.2 Å². The molecular weight excluding hydrogens is 434 g/mol. The van der Waals surface area contributed by atoms with Crippen LogP contribution in [0.1, 0.15) is 61.4 Å². The first-order valence-corrected chi connectivity index (χ1v) is 12.3. The SMILES string of the molecule is CCc1sc(C(C)C)nc1-c1ccc(OCCCCCOc2ccc(C(=N)NO)cc2)cc1. The predicted octanol–water partition coefficient (Wildman–Crippen LogP) is 6.43. The summed E-state index contributed by atoms with van der Waals surface area (Å²) < 4.78 is 11.6. The number of thiazole rings is 1. The molecule has 0 atom stereocenters. The quantitative estimate of drug-likeness (QED) is 0.124. The predicted molar refractivity (Wildman–Crippen MR) is 134 cm³/mol. The lowest BCUT2D eigenvalue weighted by molar-refractivity contribution is 0.234. The highest BCUT2D eigenvalue weighted by molar-refractivity contribution is 7.12. The van der Waals surface area contributed by atoms with Gasteiger partial charge in [-0.15, -0.1) is 11.3 Å². The number of aromatic nitrogens is 1. The van der Waals surface area contributed by atoms with Crippen LogP contribution in [0, 0.1) is 5.41 Å². The van der Waals surface area contributed by atoms with E-state index in [4.69, 9.17) is 25.1 Å². The van der Waals surface area contributed by atoms with E-state index in [1.54, 1.807) is 24.3 Å². The largest absolute Gasteiger partial charge is 0.494 e. The lowest BCUT2D eigenvalue weighted by Gasteiger charge is -2.09. The van der Waals surface area contributed by atoms with Crippen LogP contribution in [0.2, 0.25) is 0 Å². The monoisotopic (exact) mass is 467 g/mol. The van der Waals surface area contributed by atoms with Crippen molar-refractivity contribution in [3.63, 3.8) is 0 Å². The maximum Gasteiger partial charge on any atom is 0.149 e. The second-order valence-corrected chi connectivity index (χ2v) is 9.24. The van der Waals surface area contributed by atoms with Gasteiger partial charge in [-0.1, -0.05) is 20.8 Å². The summed E-state index contributed by atoms with van der Waals surface area (Å²) in [6, 6.07) is 15.3. The minimum Gasteiger partial charge on any atom is -0.494 e. The molecule has 0 aliphatic rings. The fraction of sp³-hybridized carbons (Fsp3) is 0.385. The van der Waals surface area contributed by atoms with Gasteiger partial charge in [0.1, 0.15) is 17.3 Å². The van der Waals surface area contributed by atoms with Crippen molar-refractivity contribution in [1.29, 1.82) is 5.41 Å². The van der Waals surface area contributed by atoms with Crippen LogP contribution in [0.15, 0.2) is 48.5 Å². The standard InChI is InChI=1S/C26H33N3O3S/c1-4-23-24(28-26(33-23)18(2)3)19-8-12-21(13-9-19)31-16-6-5-7-17-32-22-14-10-20(11-15-22)25(27)29-30/h8-15,18,30H,4-7,16-17H2,1-3H3,(H2,27,29). The molecule has 1 aromatic heterocycles. The number of rotatable bonds is 12. The van der Waals surface area contributed by atoms with E-state index in [0.717, 1.165) is 48.4 Å². The molecule has 0 radical (unpaired) electrons. The minimum absolute atomic E-state index is 0.0368. The summed E-state index contributed by atoms with van der Waals surface area (Å²) in [7, 11) is 0. The Morgan fingerprint density at radius 2 is 1.55 bits per heavy atom. The number of hydrogen-bond donors (Lipinski definition) is 3. The zero-order valence-corrected chi connectivity index (χ0v) is 20.4. The van der Waals surface area contributed by atoms with E-state index >= 15 is 0 Å².